The Morgan fingerprint density at radius 3 is 2.26 bits per heavy atom. The molecule has 0 N–H and O–H groups in total. The Morgan fingerprint density at radius 2 is 1.68 bits per heavy atom. The summed E-state index contributed by atoms with van der Waals surface area (Å²) in [6.07, 6.45) is 0.939. The van der Waals surface area contributed by atoms with Crippen LogP contribution in [0.15, 0.2) is 47.4 Å². The standard InChI is InChI=1S/C22H28N4O3S2/c1-6-16-7-12-19-20(15-16)30-22(23-19)26(14-13-24(2)3)21(27)17-8-10-18(11-9-17)31(28,29)25(4)5/h7-12,15H,6,13-14H2,1-5H3. The van der Waals surface area contributed by atoms with E-state index in [0.717, 1.165) is 20.9 Å². The van der Waals surface area contributed by atoms with Crippen LogP contribution in [0.1, 0.15) is 22.8 Å². The Bertz CT molecular complexity index is 1170. The average Bonchev–Trinajstić information content (AvgIpc) is 3.16. The fourth-order valence-corrected chi connectivity index (χ4v) is 4.97. The van der Waals surface area contributed by atoms with Crippen molar-refractivity contribution in [1.82, 2.24) is 14.2 Å². The molecule has 0 spiro atoms. The smallest absolute Gasteiger partial charge is 0.260 e. The number of aromatic nitrogens is 1. The van der Waals surface area contributed by atoms with Crippen molar-refractivity contribution in [2.24, 2.45) is 0 Å². The second kappa shape index (κ2) is 9.44. The van der Waals surface area contributed by atoms with Crippen LogP contribution in [0.5, 0.6) is 0 Å². The lowest BCUT2D eigenvalue weighted by Gasteiger charge is -2.22. The summed E-state index contributed by atoms with van der Waals surface area (Å²) >= 11 is 1.49. The maximum atomic E-state index is 13.4. The molecule has 166 valence electrons. The molecule has 0 saturated carbocycles. The Labute approximate surface area is 188 Å². The summed E-state index contributed by atoms with van der Waals surface area (Å²) in [4.78, 5) is 21.9. The monoisotopic (exact) mass is 460 g/mol. The number of hydrogen-bond donors (Lipinski definition) is 0. The van der Waals surface area contributed by atoms with Crippen LogP contribution in [-0.4, -0.2) is 69.8 Å². The van der Waals surface area contributed by atoms with Crippen LogP contribution in [-0.2, 0) is 16.4 Å². The molecule has 31 heavy (non-hydrogen) atoms. The number of amides is 1. The third-order valence-corrected chi connectivity index (χ3v) is 7.85. The SMILES string of the molecule is CCc1ccc2nc(N(CCN(C)C)C(=O)c3ccc(S(=O)(=O)N(C)C)cc3)sc2c1. The summed E-state index contributed by atoms with van der Waals surface area (Å²) in [6, 6.07) is 12.2. The number of likely N-dealkylation sites (N-methyl/N-ethyl adjacent to an activating group) is 1. The van der Waals surface area contributed by atoms with E-state index in [1.807, 2.05) is 25.1 Å². The quantitative estimate of drug-likeness (QED) is 0.516. The van der Waals surface area contributed by atoms with Crippen LogP contribution in [0.25, 0.3) is 10.2 Å². The van der Waals surface area contributed by atoms with Crippen molar-refractivity contribution in [2.45, 2.75) is 18.2 Å². The van der Waals surface area contributed by atoms with Gasteiger partial charge in [-0.05, 0) is 62.5 Å². The number of carbonyl (C=O) groups is 1. The summed E-state index contributed by atoms with van der Waals surface area (Å²) in [7, 11) is 3.32. The van der Waals surface area contributed by atoms with Crippen molar-refractivity contribution in [2.75, 3.05) is 46.2 Å². The maximum Gasteiger partial charge on any atom is 0.260 e. The first-order valence-electron chi connectivity index (χ1n) is 10.0. The highest BCUT2D eigenvalue weighted by Crippen LogP contribution is 2.31. The van der Waals surface area contributed by atoms with Gasteiger partial charge < -0.3 is 4.90 Å². The number of rotatable bonds is 8. The normalized spacial score (nSPS) is 12.1. The number of thiazole rings is 1. The van der Waals surface area contributed by atoms with E-state index < -0.39 is 10.0 Å². The first kappa shape index (κ1) is 23.3. The number of anilines is 1. The Kier molecular flexibility index (Phi) is 7.10. The first-order valence-corrected chi connectivity index (χ1v) is 12.3. The summed E-state index contributed by atoms with van der Waals surface area (Å²) in [5.74, 6) is -0.203. The molecule has 0 bridgehead atoms. The summed E-state index contributed by atoms with van der Waals surface area (Å²) < 4.78 is 26.8. The molecule has 1 amide bonds. The molecule has 0 aliphatic rings. The van der Waals surface area contributed by atoms with Gasteiger partial charge >= 0.3 is 0 Å². The zero-order valence-electron chi connectivity index (χ0n) is 18.5. The number of nitrogens with zero attached hydrogens (tertiary/aromatic N) is 4. The van der Waals surface area contributed by atoms with Crippen molar-refractivity contribution in [3.8, 4) is 0 Å². The molecule has 3 rings (SSSR count). The fourth-order valence-electron chi connectivity index (χ4n) is 3.01. The van der Waals surface area contributed by atoms with Gasteiger partial charge in [0.2, 0.25) is 10.0 Å². The van der Waals surface area contributed by atoms with Gasteiger partial charge in [0.25, 0.3) is 5.91 Å². The van der Waals surface area contributed by atoms with Crippen LogP contribution in [0.4, 0.5) is 5.13 Å². The molecule has 0 atom stereocenters. The van der Waals surface area contributed by atoms with Gasteiger partial charge in [-0.3, -0.25) is 9.69 Å². The van der Waals surface area contributed by atoms with Gasteiger partial charge in [-0.2, -0.15) is 0 Å². The van der Waals surface area contributed by atoms with Crippen molar-refractivity contribution < 1.29 is 13.2 Å². The van der Waals surface area contributed by atoms with Crippen molar-refractivity contribution in [3.05, 3.63) is 53.6 Å². The zero-order valence-corrected chi connectivity index (χ0v) is 20.1. The topological polar surface area (TPSA) is 73.8 Å². The predicted octanol–water partition coefficient (Wildman–Crippen LogP) is 3.32. The molecule has 1 heterocycles. The van der Waals surface area contributed by atoms with Crippen LogP contribution in [0.3, 0.4) is 0 Å². The third kappa shape index (κ3) is 5.12. The van der Waals surface area contributed by atoms with Crippen molar-refractivity contribution >= 4 is 42.6 Å². The van der Waals surface area contributed by atoms with Gasteiger partial charge in [-0.1, -0.05) is 24.3 Å². The highest BCUT2D eigenvalue weighted by molar-refractivity contribution is 7.89. The van der Waals surface area contributed by atoms with E-state index in [-0.39, 0.29) is 10.8 Å². The van der Waals surface area contributed by atoms with E-state index in [2.05, 4.69) is 19.1 Å². The highest BCUT2D eigenvalue weighted by atomic mass is 32.2. The molecule has 0 radical (unpaired) electrons. The van der Waals surface area contributed by atoms with Gasteiger partial charge in [0.1, 0.15) is 0 Å². The summed E-state index contributed by atoms with van der Waals surface area (Å²) in [5, 5.41) is 0.639. The molecule has 3 aromatic rings. The van der Waals surface area contributed by atoms with Gasteiger partial charge in [-0.15, -0.1) is 0 Å². The lowest BCUT2D eigenvalue weighted by molar-refractivity contribution is 0.0985. The fraction of sp³-hybridized carbons (Fsp3) is 0.364. The molecule has 0 aliphatic heterocycles. The van der Waals surface area contributed by atoms with Crippen LogP contribution < -0.4 is 4.90 Å². The second-order valence-electron chi connectivity index (χ2n) is 7.72. The van der Waals surface area contributed by atoms with E-state index in [1.54, 1.807) is 17.0 Å². The Hall–Kier alpha value is -2.33. The Morgan fingerprint density at radius 1 is 1.00 bits per heavy atom. The predicted molar refractivity (Wildman–Crippen MR) is 127 cm³/mol. The molecule has 0 aliphatic carbocycles. The summed E-state index contributed by atoms with van der Waals surface area (Å²) in [5.41, 5.74) is 2.52. The average molecular weight is 461 g/mol. The number of benzene rings is 2. The number of carbonyl (C=O) groups excluding carboxylic acids is 1. The van der Waals surface area contributed by atoms with Crippen LogP contribution in [0.2, 0.25) is 0 Å². The van der Waals surface area contributed by atoms with Crippen LogP contribution >= 0.6 is 11.3 Å². The van der Waals surface area contributed by atoms with Gasteiger partial charge in [-0.25, -0.2) is 17.7 Å². The Balaban J connectivity index is 1.96. The number of aryl methyl sites for hydroxylation is 1. The highest BCUT2D eigenvalue weighted by Gasteiger charge is 2.23. The zero-order chi connectivity index (χ0) is 22.8. The van der Waals surface area contributed by atoms with E-state index in [9.17, 15) is 13.2 Å². The van der Waals surface area contributed by atoms with Crippen LogP contribution in [0, 0.1) is 0 Å². The molecule has 0 saturated heterocycles. The molecular formula is C22H28N4O3S2. The van der Waals surface area contributed by atoms with E-state index in [4.69, 9.17) is 4.98 Å². The largest absolute Gasteiger partial charge is 0.308 e. The minimum absolute atomic E-state index is 0.154. The molecule has 0 unspecified atom stereocenters. The minimum atomic E-state index is -3.55. The van der Waals surface area contributed by atoms with Gasteiger partial charge in [0.05, 0.1) is 15.1 Å². The van der Waals surface area contributed by atoms with E-state index >= 15 is 0 Å². The summed E-state index contributed by atoms with van der Waals surface area (Å²) in [6.45, 7) is 3.26. The molecule has 2 aromatic carbocycles. The van der Waals surface area contributed by atoms with Gasteiger partial charge in [0, 0.05) is 32.7 Å². The first-order chi connectivity index (χ1) is 14.6. The van der Waals surface area contributed by atoms with E-state index in [0.29, 0.717) is 23.8 Å². The molecule has 0 fully saturated rings. The molecular weight excluding hydrogens is 432 g/mol. The molecule has 1 aromatic heterocycles. The second-order valence-corrected chi connectivity index (χ2v) is 10.9. The number of sulfonamides is 1. The lowest BCUT2D eigenvalue weighted by Crippen LogP contribution is -2.36. The van der Waals surface area contributed by atoms with Crippen molar-refractivity contribution in [3.63, 3.8) is 0 Å². The number of fused-ring (bicyclic) bond motifs is 1. The van der Waals surface area contributed by atoms with Gasteiger partial charge in [0.15, 0.2) is 5.13 Å². The third-order valence-electron chi connectivity index (χ3n) is 4.98. The molecule has 9 heteroatoms. The lowest BCUT2D eigenvalue weighted by atomic mass is 10.2. The maximum absolute atomic E-state index is 13.4. The number of hydrogen-bond acceptors (Lipinski definition) is 6. The van der Waals surface area contributed by atoms with E-state index in [1.165, 1.54) is 43.1 Å². The van der Waals surface area contributed by atoms with Crippen molar-refractivity contribution in [1.29, 1.82) is 0 Å². The molecule has 7 nitrogen and oxygen atoms in total. The minimum Gasteiger partial charge on any atom is -0.308 e.